The van der Waals surface area contributed by atoms with Gasteiger partial charge in [0.1, 0.15) is 0 Å². The van der Waals surface area contributed by atoms with Gasteiger partial charge in [0.25, 0.3) is 5.91 Å². The number of ether oxygens (including phenoxy) is 2. The minimum Gasteiger partial charge on any atom is -0.493 e. The van der Waals surface area contributed by atoms with Gasteiger partial charge in [0.2, 0.25) is 0 Å². The number of carbonyl (C=O) groups excluding carboxylic acids is 1. The Morgan fingerprint density at radius 1 is 1.44 bits per heavy atom. The minimum atomic E-state index is -0.571. The van der Waals surface area contributed by atoms with Gasteiger partial charge >= 0.3 is 0 Å². The van der Waals surface area contributed by atoms with Crippen LogP contribution in [0.5, 0.6) is 11.5 Å². The van der Waals surface area contributed by atoms with Crippen LogP contribution in [0.1, 0.15) is 24.2 Å². The van der Waals surface area contributed by atoms with Crippen molar-refractivity contribution < 1.29 is 19.4 Å². The number of methoxy groups -OCH3 is 1. The third-order valence-corrected chi connectivity index (χ3v) is 2.28. The molecule has 2 N–H and O–H groups in total. The van der Waals surface area contributed by atoms with Gasteiger partial charge in [0, 0.05) is 12.1 Å². The van der Waals surface area contributed by atoms with Gasteiger partial charge in [-0.25, -0.2) is 0 Å². The second kappa shape index (κ2) is 6.86. The fourth-order valence-corrected chi connectivity index (χ4v) is 1.43. The van der Waals surface area contributed by atoms with E-state index in [-0.39, 0.29) is 12.5 Å². The summed E-state index contributed by atoms with van der Waals surface area (Å²) in [7, 11) is 1.55. The van der Waals surface area contributed by atoms with Crippen LogP contribution < -0.4 is 14.8 Å². The lowest BCUT2D eigenvalue weighted by Gasteiger charge is -2.11. The molecule has 1 atom stereocenters. The van der Waals surface area contributed by atoms with Crippen LogP contribution in [0.25, 0.3) is 0 Å². The first-order valence-electron chi connectivity index (χ1n) is 5.85. The van der Waals surface area contributed by atoms with E-state index >= 15 is 0 Å². The zero-order valence-electron chi connectivity index (χ0n) is 10.9. The lowest BCUT2D eigenvalue weighted by Crippen LogP contribution is -2.30. The summed E-state index contributed by atoms with van der Waals surface area (Å²) >= 11 is 0. The van der Waals surface area contributed by atoms with Gasteiger partial charge in [-0.2, -0.15) is 0 Å². The van der Waals surface area contributed by atoms with Crippen molar-refractivity contribution in [1.29, 1.82) is 0 Å². The van der Waals surface area contributed by atoms with Crippen LogP contribution in [0.4, 0.5) is 0 Å². The number of amides is 1. The molecule has 0 heterocycles. The summed E-state index contributed by atoms with van der Waals surface area (Å²) in [6.07, 6.45) is -0.571. The third kappa shape index (κ3) is 3.92. The molecule has 0 bridgehead atoms. The highest BCUT2D eigenvalue weighted by molar-refractivity contribution is 5.94. The van der Waals surface area contributed by atoms with E-state index in [2.05, 4.69) is 5.32 Å². The first kappa shape index (κ1) is 14.3. The van der Waals surface area contributed by atoms with Crippen molar-refractivity contribution >= 4 is 5.91 Å². The van der Waals surface area contributed by atoms with Crippen LogP contribution in [0.2, 0.25) is 0 Å². The number of aliphatic hydroxyl groups is 1. The minimum absolute atomic E-state index is 0.217. The van der Waals surface area contributed by atoms with E-state index in [1.54, 1.807) is 32.2 Å². The smallest absolute Gasteiger partial charge is 0.251 e. The zero-order chi connectivity index (χ0) is 13.5. The van der Waals surface area contributed by atoms with Crippen LogP contribution in [-0.4, -0.2) is 37.4 Å². The maximum Gasteiger partial charge on any atom is 0.251 e. The zero-order valence-corrected chi connectivity index (χ0v) is 10.9. The predicted molar refractivity (Wildman–Crippen MR) is 68.2 cm³/mol. The standard InChI is InChI=1S/C13H19NO4/c1-4-18-12-7-10(5-6-11(12)17-3)13(16)14-8-9(2)15/h5-7,9,15H,4,8H2,1-3H3,(H,14,16). The van der Waals surface area contributed by atoms with Gasteiger partial charge in [-0.3, -0.25) is 4.79 Å². The highest BCUT2D eigenvalue weighted by atomic mass is 16.5. The lowest BCUT2D eigenvalue weighted by atomic mass is 10.2. The first-order chi connectivity index (χ1) is 8.58. The second-order valence-electron chi connectivity index (χ2n) is 3.86. The van der Waals surface area contributed by atoms with E-state index in [9.17, 15) is 4.79 Å². The van der Waals surface area contributed by atoms with E-state index in [1.165, 1.54) is 0 Å². The summed E-state index contributed by atoms with van der Waals surface area (Å²) in [5.41, 5.74) is 0.472. The normalized spacial score (nSPS) is 11.8. The second-order valence-corrected chi connectivity index (χ2v) is 3.86. The summed E-state index contributed by atoms with van der Waals surface area (Å²) in [5, 5.41) is 11.7. The number of nitrogens with one attached hydrogen (secondary N) is 1. The topological polar surface area (TPSA) is 67.8 Å². The van der Waals surface area contributed by atoms with E-state index in [1.807, 2.05) is 6.92 Å². The molecule has 1 rings (SSSR count). The number of carbonyl (C=O) groups is 1. The number of benzene rings is 1. The first-order valence-corrected chi connectivity index (χ1v) is 5.85. The van der Waals surface area contributed by atoms with Crippen molar-refractivity contribution in [3.8, 4) is 11.5 Å². The van der Waals surface area contributed by atoms with E-state index in [0.717, 1.165) is 0 Å². The third-order valence-electron chi connectivity index (χ3n) is 2.28. The van der Waals surface area contributed by atoms with Crippen molar-refractivity contribution in [3.63, 3.8) is 0 Å². The molecule has 1 aromatic carbocycles. The number of rotatable bonds is 6. The molecule has 100 valence electrons. The molecule has 1 unspecified atom stereocenters. The Balaban J connectivity index is 2.83. The van der Waals surface area contributed by atoms with E-state index in [0.29, 0.717) is 23.7 Å². The number of hydrogen-bond acceptors (Lipinski definition) is 4. The van der Waals surface area contributed by atoms with Crippen molar-refractivity contribution in [3.05, 3.63) is 23.8 Å². The van der Waals surface area contributed by atoms with E-state index in [4.69, 9.17) is 14.6 Å². The quantitative estimate of drug-likeness (QED) is 0.799. The van der Waals surface area contributed by atoms with Crippen molar-refractivity contribution in [2.24, 2.45) is 0 Å². The Kier molecular flexibility index (Phi) is 5.45. The van der Waals surface area contributed by atoms with Crippen molar-refractivity contribution in [2.75, 3.05) is 20.3 Å². The van der Waals surface area contributed by atoms with Gasteiger partial charge in [0.15, 0.2) is 11.5 Å². The van der Waals surface area contributed by atoms with Crippen molar-refractivity contribution in [2.45, 2.75) is 20.0 Å². The highest BCUT2D eigenvalue weighted by Crippen LogP contribution is 2.27. The van der Waals surface area contributed by atoms with Gasteiger partial charge in [-0.1, -0.05) is 0 Å². The number of hydrogen-bond donors (Lipinski definition) is 2. The maximum atomic E-state index is 11.8. The van der Waals surface area contributed by atoms with Crippen LogP contribution in [0.15, 0.2) is 18.2 Å². The summed E-state index contributed by atoms with van der Waals surface area (Å²) < 4.78 is 10.5. The van der Waals surface area contributed by atoms with Gasteiger partial charge in [-0.05, 0) is 32.0 Å². The SMILES string of the molecule is CCOc1cc(C(=O)NCC(C)O)ccc1OC. The summed E-state index contributed by atoms with van der Waals surface area (Å²) in [5.74, 6) is 0.869. The average Bonchev–Trinajstić information content (AvgIpc) is 2.36. The maximum absolute atomic E-state index is 11.8. The van der Waals surface area contributed by atoms with Crippen LogP contribution in [0, 0.1) is 0 Å². The Morgan fingerprint density at radius 3 is 2.72 bits per heavy atom. The molecule has 0 aliphatic rings. The molecule has 0 fully saturated rings. The summed E-state index contributed by atoms with van der Waals surface area (Å²) in [4.78, 5) is 11.8. The fourth-order valence-electron chi connectivity index (χ4n) is 1.43. The predicted octanol–water partition coefficient (Wildman–Crippen LogP) is 1.20. The molecule has 0 saturated heterocycles. The average molecular weight is 253 g/mol. The largest absolute Gasteiger partial charge is 0.493 e. The fraction of sp³-hybridized carbons (Fsp3) is 0.462. The number of aliphatic hydroxyl groups excluding tert-OH is 1. The molecule has 1 aromatic rings. The van der Waals surface area contributed by atoms with E-state index < -0.39 is 6.10 Å². The van der Waals surface area contributed by atoms with Crippen LogP contribution in [-0.2, 0) is 0 Å². The molecule has 5 nitrogen and oxygen atoms in total. The summed E-state index contributed by atoms with van der Waals surface area (Å²) in [6, 6.07) is 4.96. The molecular weight excluding hydrogens is 234 g/mol. The summed E-state index contributed by atoms with van der Waals surface area (Å²) in [6.45, 7) is 4.18. The molecule has 0 radical (unpaired) electrons. The Hall–Kier alpha value is -1.75. The highest BCUT2D eigenvalue weighted by Gasteiger charge is 2.11. The lowest BCUT2D eigenvalue weighted by molar-refractivity contribution is 0.0923. The van der Waals surface area contributed by atoms with Gasteiger partial charge < -0.3 is 19.9 Å². The monoisotopic (exact) mass is 253 g/mol. The molecule has 0 saturated carbocycles. The van der Waals surface area contributed by atoms with Gasteiger partial charge in [0.05, 0.1) is 19.8 Å². The Bertz CT molecular complexity index is 404. The molecule has 0 spiro atoms. The Morgan fingerprint density at radius 2 is 2.17 bits per heavy atom. The van der Waals surface area contributed by atoms with Gasteiger partial charge in [-0.15, -0.1) is 0 Å². The molecule has 1 amide bonds. The molecule has 5 heteroatoms. The van der Waals surface area contributed by atoms with Crippen LogP contribution >= 0.6 is 0 Å². The Labute approximate surface area is 107 Å². The molecule has 0 aromatic heterocycles. The van der Waals surface area contributed by atoms with Crippen molar-refractivity contribution in [1.82, 2.24) is 5.32 Å². The molecular formula is C13H19NO4. The molecule has 18 heavy (non-hydrogen) atoms. The van der Waals surface area contributed by atoms with Crippen LogP contribution in [0.3, 0.4) is 0 Å². The molecule has 0 aliphatic heterocycles. The molecule has 0 aliphatic carbocycles.